The van der Waals surface area contributed by atoms with E-state index in [4.69, 9.17) is 0 Å². The van der Waals surface area contributed by atoms with Crippen molar-refractivity contribution in [3.63, 3.8) is 0 Å². The summed E-state index contributed by atoms with van der Waals surface area (Å²) in [7, 11) is 1.92. The van der Waals surface area contributed by atoms with Gasteiger partial charge in [-0.05, 0) is 25.1 Å². The third kappa shape index (κ3) is 3.46. The maximum Gasteiger partial charge on any atom is 0.244 e. The van der Waals surface area contributed by atoms with Gasteiger partial charge in [-0.25, -0.2) is 0 Å². The van der Waals surface area contributed by atoms with Crippen molar-refractivity contribution in [3.8, 4) is 0 Å². The number of nitrogens with one attached hydrogen (secondary N) is 1. The molecule has 15 heavy (non-hydrogen) atoms. The Balaban J connectivity index is 2.53. The zero-order chi connectivity index (χ0) is 11.3. The van der Waals surface area contributed by atoms with Gasteiger partial charge in [0, 0.05) is 12.7 Å². The van der Waals surface area contributed by atoms with Crippen molar-refractivity contribution in [2.75, 3.05) is 18.6 Å². The van der Waals surface area contributed by atoms with Crippen molar-refractivity contribution in [2.45, 2.75) is 6.92 Å². The highest BCUT2D eigenvalue weighted by Crippen LogP contribution is 2.12. The van der Waals surface area contributed by atoms with Gasteiger partial charge in [-0.1, -0.05) is 24.3 Å². The number of aryl methyl sites for hydroxylation is 1. The molecular formula is C12H16N2O. The van der Waals surface area contributed by atoms with Crippen LogP contribution in [-0.4, -0.2) is 19.6 Å². The molecule has 0 radical (unpaired) electrons. The average Bonchev–Trinajstić information content (AvgIpc) is 2.26. The van der Waals surface area contributed by atoms with Gasteiger partial charge in [0.05, 0.1) is 6.67 Å². The van der Waals surface area contributed by atoms with Crippen molar-refractivity contribution >= 4 is 11.6 Å². The smallest absolute Gasteiger partial charge is 0.244 e. The molecule has 0 saturated carbocycles. The van der Waals surface area contributed by atoms with E-state index in [0.29, 0.717) is 6.67 Å². The highest BCUT2D eigenvalue weighted by Gasteiger charge is 2.00. The number of anilines is 1. The first-order valence-electron chi connectivity index (χ1n) is 4.81. The lowest BCUT2D eigenvalue weighted by Crippen LogP contribution is -2.34. The standard InChI is InChI=1S/C12H16N2O/c1-4-12(15)13-9-14(3)11-7-5-10(2)6-8-11/h4-8H,1,9H2,2-3H3,(H,13,15). The summed E-state index contributed by atoms with van der Waals surface area (Å²) in [6.07, 6.45) is 1.27. The minimum absolute atomic E-state index is 0.158. The first kappa shape index (κ1) is 11.3. The minimum atomic E-state index is -0.158. The van der Waals surface area contributed by atoms with E-state index in [1.165, 1.54) is 11.6 Å². The first-order valence-corrected chi connectivity index (χ1v) is 4.81. The number of rotatable bonds is 4. The van der Waals surface area contributed by atoms with Crippen LogP contribution in [0.1, 0.15) is 5.56 Å². The van der Waals surface area contributed by atoms with Crippen molar-refractivity contribution in [3.05, 3.63) is 42.5 Å². The molecule has 0 unspecified atom stereocenters. The van der Waals surface area contributed by atoms with Crippen LogP contribution in [0.3, 0.4) is 0 Å². The van der Waals surface area contributed by atoms with E-state index in [0.717, 1.165) is 5.69 Å². The first-order chi connectivity index (χ1) is 7.13. The molecule has 1 aromatic carbocycles. The number of benzene rings is 1. The van der Waals surface area contributed by atoms with Crippen molar-refractivity contribution in [1.82, 2.24) is 5.32 Å². The fraction of sp³-hybridized carbons (Fsp3) is 0.250. The second-order valence-corrected chi connectivity index (χ2v) is 3.44. The Hall–Kier alpha value is -1.77. The largest absolute Gasteiger partial charge is 0.357 e. The van der Waals surface area contributed by atoms with E-state index in [-0.39, 0.29) is 5.91 Å². The molecule has 0 bridgehead atoms. The van der Waals surface area contributed by atoms with Crippen LogP contribution in [0.4, 0.5) is 5.69 Å². The van der Waals surface area contributed by atoms with E-state index in [2.05, 4.69) is 11.9 Å². The molecule has 0 aliphatic rings. The summed E-state index contributed by atoms with van der Waals surface area (Å²) >= 11 is 0. The topological polar surface area (TPSA) is 32.3 Å². The maximum absolute atomic E-state index is 10.9. The number of nitrogens with zero attached hydrogens (tertiary/aromatic N) is 1. The van der Waals surface area contributed by atoms with E-state index in [1.807, 2.05) is 43.1 Å². The summed E-state index contributed by atoms with van der Waals surface area (Å²) in [4.78, 5) is 12.9. The van der Waals surface area contributed by atoms with E-state index in [9.17, 15) is 4.79 Å². The van der Waals surface area contributed by atoms with Gasteiger partial charge in [0.25, 0.3) is 0 Å². The van der Waals surface area contributed by atoms with Crippen LogP contribution in [0, 0.1) is 6.92 Å². The Morgan fingerprint density at radius 2 is 2.07 bits per heavy atom. The number of hydrogen-bond donors (Lipinski definition) is 1. The third-order valence-electron chi connectivity index (χ3n) is 2.15. The van der Waals surface area contributed by atoms with Crippen LogP contribution >= 0.6 is 0 Å². The maximum atomic E-state index is 10.9. The number of carbonyl (C=O) groups is 1. The average molecular weight is 204 g/mol. The van der Waals surface area contributed by atoms with Crippen LogP contribution < -0.4 is 10.2 Å². The number of carbonyl (C=O) groups excluding carboxylic acids is 1. The van der Waals surface area contributed by atoms with Gasteiger partial charge in [0.2, 0.25) is 5.91 Å². The van der Waals surface area contributed by atoms with Gasteiger partial charge in [0.1, 0.15) is 0 Å². The Kier molecular flexibility index (Phi) is 3.92. The monoisotopic (exact) mass is 204 g/mol. The number of hydrogen-bond acceptors (Lipinski definition) is 2. The van der Waals surface area contributed by atoms with Crippen molar-refractivity contribution in [2.24, 2.45) is 0 Å². The highest BCUT2D eigenvalue weighted by molar-refractivity contribution is 5.86. The lowest BCUT2D eigenvalue weighted by Gasteiger charge is -2.19. The molecule has 0 spiro atoms. The van der Waals surface area contributed by atoms with Crippen LogP contribution in [-0.2, 0) is 4.79 Å². The number of amides is 1. The zero-order valence-electron chi connectivity index (χ0n) is 9.16. The summed E-state index contributed by atoms with van der Waals surface area (Å²) < 4.78 is 0. The van der Waals surface area contributed by atoms with Gasteiger partial charge in [0.15, 0.2) is 0 Å². The predicted molar refractivity (Wildman–Crippen MR) is 62.8 cm³/mol. The summed E-state index contributed by atoms with van der Waals surface area (Å²) in [6, 6.07) is 8.13. The van der Waals surface area contributed by atoms with Crippen molar-refractivity contribution in [1.29, 1.82) is 0 Å². The molecule has 3 heteroatoms. The van der Waals surface area contributed by atoms with Crippen LogP contribution in [0.5, 0.6) is 0 Å². The molecule has 0 aromatic heterocycles. The molecule has 0 aliphatic carbocycles. The molecule has 1 amide bonds. The summed E-state index contributed by atoms with van der Waals surface area (Å²) in [5.74, 6) is -0.158. The fourth-order valence-corrected chi connectivity index (χ4v) is 1.16. The Morgan fingerprint density at radius 3 is 2.60 bits per heavy atom. The second-order valence-electron chi connectivity index (χ2n) is 3.44. The summed E-state index contributed by atoms with van der Waals surface area (Å²) in [6.45, 7) is 5.92. The highest BCUT2D eigenvalue weighted by atomic mass is 16.1. The van der Waals surface area contributed by atoms with Gasteiger partial charge in [-0.15, -0.1) is 0 Å². The van der Waals surface area contributed by atoms with Crippen LogP contribution in [0.2, 0.25) is 0 Å². The summed E-state index contributed by atoms with van der Waals surface area (Å²) in [5, 5.41) is 2.71. The van der Waals surface area contributed by atoms with Crippen LogP contribution in [0.25, 0.3) is 0 Å². The minimum Gasteiger partial charge on any atom is -0.357 e. The molecule has 1 N–H and O–H groups in total. The quantitative estimate of drug-likeness (QED) is 0.598. The zero-order valence-corrected chi connectivity index (χ0v) is 9.16. The molecule has 3 nitrogen and oxygen atoms in total. The molecule has 1 aromatic rings. The van der Waals surface area contributed by atoms with Crippen molar-refractivity contribution < 1.29 is 4.79 Å². The second kappa shape index (κ2) is 5.20. The van der Waals surface area contributed by atoms with E-state index < -0.39 is 0 Å². The fourth-order valence-electron chi connectivity index (χ4n) is 1.16. The Labute approximate surface area is 90.4 Å². The van der Waals surface area contributed by atoms with Gasteiger partial charge >= 0.3 is 0 Å². The SMILES string of the molecule is C=CC(=O)NCN(C)c1ccc(C)cc1. The molecule has 80 valence electrons. The van der Waals surface area contributed by atoms with Gasteiger partial charge in [-0.3, -0.25) is 4.79 Å². The molecule has 0 saturated heterocycles. The third-order valence-corrected chi connectivity index (χ3v) is 2.15. The van der Waals surface area contributed by atoms with Gasteiger partial charge in [-0.2, -0.15) is 0 Å². The lowest BCUT2D eigenvalue weighted by molar-refractivity contribution is -0.116. The van der Waals surface area contributed by atoms with E-state index >= 15 is 0 Å². The molecule has 0 fully saturated rings. The normalized spacial score (nSPS) is 9.47. The predicted octanol–water partition coefficient (Wildman–Crippen LogP) is 1.69. The van der Waals surface area contributed by atoms with Gasteiger partial charge < -0.3 is 10.2 Å². The molecule has 0 heterocycles. The molecular weight excluding hydrogens is 188 g/mol. The Bertz CT molecular complexity index is 343. The molecule has 1 rings (SSSR count). The summed E-state index contributed by atoms with van der Waals surface area (Å²) in [5.41, 5.74) is 2.30. The molecule has 0 atom stereocenters. The van der Waals surface area contributed by atoms with Crippen LogP contribution in [0.15, 0.2) is 36.9 Å². The molecule has 0 aliphatic heterocycles. The Morgan fingerprint density at radius 1 is 1.47 bits per heavy atom. The lowest BCUT2D eigenvalue weighted by atomic mass is 10.2. The van der Waals surface area contributed by atoms with E-state index in [1.54, 1.807) is 0 Å².